The maximum Gasteiger partial charge on any atom is 0.168 e. The second-order valence-corrected chi connectivity index (χ2v) is 6.60. The van der Waals surface area contributed by atoms with Crippen LogP contribution in [0.2, 0.25) is 0 Å². The van der Waals surface area contributed by atoms with Gasteiger partial charge in [0, 0.05) is 19.3 Å². The third-order valence-electron chi connectivity index (χ3n) is 4.55. The van der Waals surface area contributed by atoms with E-state index in [-0.39, 0.29) is 5.79 Å². The molecule has 1 fully saturated rings. The lowest BCUT2D eigenvalue weighted by atomic mass is 9.99. The Morgan fingerprint density at radius 1 is 0.826 bits per heavy atom. The Morgan fingerprint density at radius 3 is 2.04 bits per heavy atom. The van der Waals surface area contributed by atoms with Crippen LogP contribution in [0.25, 0.3) is 0 Å². The minimum Gasteiger partial charge on any atom is -0.348 e. The summed E-state index contributed by atoms with van der Waals surface area (Å²) in [5.41, 5.74) is 0. The van der Waals surface area contributed by atoms with E-state index < -0.39 is 0 Å². The fourth-order valence-corrected chi connectivity index (χ4v) is 3.19. The molecule has 1 aliphatic rings. The second kappa shape index (κ2) is 13.7. The molecule has 134 valence electrons. The lowest BCUT2D eigenvalue weighted by Gasteiger charge is -2.27. The van der Waals surface area contributed by atoms with Crippen molar-refractivity contribution in [2.75, 3.05) is 13.2 Å². The predicted octanol–water partition coefficient (Wildman–Crippen LogP) is 5.58. The van der Waals surface area contributed by atoms with E-state index >= 15 is 0 Å². The van der Waals surface area contributed by atoms with Crippen molar-refractivity contribution in [1.82, 2.24) is 0 Å². The molecule has 0 N–H and O–H groups in total. The van der Waals surface area contributed by atoms with Crippen LogP contribution < -0.4 is 0 Å². The van der Waals surface area contributed by atoms with Gasteiger partial charge in [-0.15, -0.1) is 0 Å². The van der Waals surface area contributed by atoms with E-state index in [1.807, 2.05) is 6.08 Å². The molecule has 0 unspecified atom stereocenters. The number of hydrogen-bond acceptors (Lipinski definition) is 3. The lowest BCUT2D eigenvalue weighted by molar-refractivity contribution is -0.168. The van der Waals surface area contributed by atoms with E-state index in [0.29, 0.717) is 6.42 Å². The highest BCUT2D eigenvalue weighted by molar-refractivity contribution is 5.51. The number of carbonyl (C=O) groups is 1. The Hall–Kier alpha value is -0.670. The molecule has 0 atom stereocenters. The van der Waals surface area contributed by atoms with Crippen LogP contribution in [0.4, 0.5) is 0 Å². The van der Waals surface area contributed by atoms with Crippen molar-refractivity contribution >= 4 is 6.29 Å². The highest BCUT2D eigenvalue weighted by atomic mass is 16.7. The summed E-state index contributed by atoms with van der Waals surface area (Å²) in [6.07, 6.45) is 20.2. The highest BCUT2D eigenvalue weighted by Crippen LogP contribution is 2.31. The highest BCUT2D eigenvalue weighted by Gasteiger charge is 2.34. The Bertz CT molecular complexity index is 306. The summed E-state index contributed by atoms with van der Waals surface area (Å²) in [4.78, 5) is 10.2. The molecule has 3 heteroatoms. The molecular formula is C20H36O3. The van der Waals surface area contributed by atoms with Gasteiger partial charge in [-0.2, -0.15) is 0 Å². The van der Waals surface area contributed by atoms with Crippen LogP contribution in [-0.4, -0.2) is 25.3 Å². The number of ether oxygens (including phenoxy) is 2. The summed E-state index contributed by atoms with van der Waals surface area (Å²) in [5.74, 6) is -0.268. The topological polar surface area (TPSA) is 35.5 Å². The normalized spacial score (nSPS) is 17.1. The van der Waals surface area contributed by atoms with Crippen LogP contribution in [0, 0.1) is 0 Å². The van der Waals surface area contributed by atoms with Gasteiger partial charge in [0.25, 0.3) is 0 Å². The van der Waals surface area contributed by atoms with Crippen LogP contribution in [0.15, 0.2) is 12.2 Å². The van der Waals surface area contributed by atoms with Crippen molar-refractivity contribution in [1.29, 1.82) is 0 Å². The van der Waals surface area contributed by atoms with E-state index in [0.717, 1.165) is 38.8 Å². The largest absolute Gasteiger partial charge is 0.348 e. The first-order valence-corrected chi connectivity index (χ1v) is 9.69. The third kappa shape index (κ3) is 9.93. The van der Waals surface area contributed by atoms with Crippen LogP contribution in [-0.2, 0) is 14.3 Å². The molecule has 1 heterocycles. The van der Waals surface area contributed by atoms with Crippen molar-refractivity contribution in [3.05, 3.63) is 12.2 Å². The number of unbranched alkanes of at least 4 members (excludes halogenated alkanes) is 8. The van der Waals surface area contributed by atoms with Crippen molar-refractivity contribution < 1.29 is 14.3 Å². The molecule has 0 aromatic rings. The summed E-state index contributed by atoms with van der Waals surface area (Å²) < 4.78 is 11.9. The molecular weight excluding hydrogens is 288 g/mol. The van der Waals surface area contributed by atoms with Gasteiger partial charge in [0.2, 0.25) is 0 Å². The maximum absolute atomic E-state index is 10.2. The zero-order chi connectivity index (χ0) is 16.6. The monoisotopic (exact) mass is 324 g/mol. The quantitative estimate of drug-likeness (QED) is 0.224. The van der Waals surface area contributed by atoms with Gasteiger partial charge >= 0.3 is 0 Å². The zero-order valence-electron chi connectivity index (χ0n) is 15.1. The molecule has 0 saturated carbocycles. The van der Waals surface area contributed by atoms with E-state index in [1.54, 1.807) is 0 Å². The van der Waals surface area contributed by atoms with Gasteiger partial charge in [-0.1, -0.05) is 57.6 Å². The molecule has 1 aliphatic heterocycles. The summed E-state index contributed by atoms with van der Waals surface area (Å²) in [7, 11) is 0. The van der Waals surface area contributed by atoms with Gasteiger partial charge in [0.15, 0.2) is 5.79 Å². The Kier molecular flexibility index (Phi) is 12.2. The summed E-state index contributed by atoms with van der Waals surface area (Å²) in [6, 6.07) is 0. The molecule has 0 aromatic heterocycles. The zero-order valence-corrected chi connectivity index (χ0v) is 15.1. The number of allylic oxidation sites excluding steroid dienone is 2. The summed E-state index contributed by atoms with van der Waals surface area (Å²) in [6.45, 7) is 3.77. The first-order chi connectivity index (χ1) is 11.3. The molecule has 0 amide bonds. The van der Waals surface area contributed by atoms with Gasteiger partial charge in [-0.3, -0.25) is 0 Å². The summed E-state index contributed by atoms with van der Waals surface area (Å²) >= 11 is 0. The first-order valence-electron chi connectivity index (χ1n) is 9.69. The maximum atomic E-state index is 10.2. The van der Waals surface area contributed by atoms with Gasteiger partial charge in [-0.05, 0) is 25.7 Å². The standard InChI is InChI=1S/C20H36O3/c1-2-3-4-9-12-15-20(22-18-19-23-20)16-13-10-7-5-6-8-11-14-17-21/h8,11,17H,2-7,9-10,12-16,18-19H2,1H3/b11-8+. The molecule has 1 saturated heterocycles. The van der Waals surface area contributed by atoms with Gasteiger partial charge < -0.3 is 14.3 Å². The molecule has 3 nitrogen and oxygen atoms in total. The van der Waals surface area contributed by atoms with E-state index in [4.69, 9.17) is 9.47 Å². The lowest BCUT2D eigenvalue weighted by Crippen LogP contribution is -2.30. The van der Waals surface area contributed by atoms with E-state index in [1.165, 1.54) is 57.8 Å². The SMILES string of the molecule is CCCCCCCC1(CCCCCC/C=C/CC=O)OCCO1. The van der Waals surface area contributed by atoms with E-state index in [2.05, 4.69) is 13.0 Å². The van der Waals surface area contributed by atoms with Crippen molar-refractivity contribution in [2.24, 2.45) is 0 Å². The summed E-state index contributed by atoms with van der Waals surface area (Å²) in [5, 5.41) is 0. The smallest absolute Gasteiger partial charge is 0.168 e. The molecule has 0 bridgehead atoms. The molecule has 0 radical (unpaired) electrons. The molecule has 0 aromatic carbocycles. The van der Waals surface area contributed by atoms with Crippen LogP contribution in [0.1, 0.15) is 90.4 Å². The molecule has 0 spiro atoms. The predicted molar refractivity (Wildman–Crippen MR) is 95.5 cm³/mol. The van der Waals surface area contributed by atoms with Crippen LogP contribution in [0.3, 0.4) is 0 Å². The minimum atomic E-state index is -0.268. The Morgan fingerprint density at radius 2 is 1.43 bits per heavy atom. The van der Waals surface area contributed by atoms with Gasteiger partial charge in [0.05, 0.1) is 13.2 Å². The van der Waals surface area contributed by atoms with Crippen LogP contribution in [0.5, 0.6) is 0 Å². The van der Waals surface area contributed by atoms with Crippen molar-refractivity contribution in [2.45, 2.75) is 96.2 Å². The molecule has 1 rings (SSSR count). The first kappa shape index (κ1) is 20.4. The Labute approximate surface area is 142 Å². The fraction of sp³-hybridized carbons (Fsp3) is 0.850. The van der Waals surface area contributed by atoms with Gasteiger partial charge in [0.1, 0.15) is 6.29 Å². The van der Waals surface area contributed by atoms with Crippen molar-refractivity contribution in [3.8, 4) is 0 Å². The average Bonchev–Trinajstić information content (AvgIpc) is 3.02. The van der Waals surface area contributed by atoms with E-state index in [9.17, 15) is 4.79 Å². The number of hydrogen-bond donors (Lipinski definition) is 0. The van der Waals surface area contributed by atoms with Crippen molar-refractivity contribution in [3.63, 3.8) is 0 Å². The average molecular weight is 325 g/mol. The van der Waals surface area contributed by atoms with Gasteiger partial charge in [-0.25, -0.2) is 0 Å². The minimum absolute atomic E-state index is 0.268. The number of rotatable bonds is 15. The fourth-order valence-electron chi connectivity index (χ4n) is 3.19. The second-order valence-electron chi connectivity index (χ2n) is 6.60. The third-order valence-corrected chi connectivity index (χ3v) is 4.55. The number of carbonyl (C=O) groups excluding carboxylic acids is 1. The number of aldehydes is 1. The molecule has 23 heavy (non-hydrogen) atoms. The Balaban J connectivity index is 2.07. The molecule has 0 aliphatic carbocycles. The van der Waals surface area contributed by atoms with Crippen LogP contribution >= 0.6 is 0 Å².